The Hall–Kier alpha value is -2.35. The highest BCUT2D eigenvalue weighted by molar-refractivity contribution is 7.93. The summed E-state index contributed by atoms with van der Waals surface area (Å²) in [6.45, 7) is 2.45. The lowest BCUT2D eigenvalue weighted by atomic mass is 10.3. The van der Waals surface area contributed by atoms with Crippen molar-refractivity contribution < 1.29 is 17.9 Å². The molecule has 0 unspecified atom stereocenters. The number of hydrogen-bond acceptors (Lipinski definition) is 5. The molecule has 3 aromatic rings. The molecule has 1 heterocycles. The molecule has 1 aromatic heterocycles. The maximum atomic E-state index is 12.7. The SMILES string of the molecule is CCOc1ccc(NC(=O)c2ccc(S(=O)(=O)c3ccc(Cl)cc3)s2)cc1. The average molecular weight is 422 g/mol. The number of sulfone groups is 1. The molecule has 3 rings (SSSR count). The predicted molar refractivity (Wildman–Crippen MR) is 107 cm³/mol. The maximum absolute atomic E-state index is 12.7. The first-order valence-corrected chi connectivity index (χ1v) is 10.7. The van der Waals surface area contributed by atoms with Crippen LogP contribution in [0.5, 0.6) is 5.75 Å². The Kier molecular flexibility index (Phi) is 5.84. The zero-order valence-corrected chi connectivity index (χ0v) is 16.7. The van der Waals surface area contributed by atoms with E-state index in [9.17, 15) is 13.2 Å². The molecule has 2 aromatic carbocycles. The van der Waals surface area contributed by atoms with Gasteiger partial charge in [0.15, 0.2) is 0 Å². The van der Waals surface area contributed by atoms with Crippen LogP contribution in [0.1, 0.15) is 16.6 Å². The Morgan fingerprint density at radius 2 is 1.70 bits per heavy atom. The molecule has 27 heavy (non-hydrogen) atoms. The van der Waals surface area contributed by atoms with Crippen molar-refractivity contribution >= 4 is 44.4 Å². The van der Waals surface area contributed by atoms with Gasteiger partial charge in [-0.15, -0.1) is 11.3 Å². The number of benzene rings is 2. The minimum Gasteiger partial charge on any atom is -0.494 e. The van der Waals surface area contributed by atoms with Crippen molar-refractivity contribution in [2.75, 3.05) is 11.9 Å². The number of rotatable bonds is 6. The smallest absolute Gasteiger partial charge is 0.265 e. The van der Waals surface area contributed by atoms with Gasteiger partial charge in [0.1, 0.15) is 9.96 Å². The molecule has 0 spiro atoms. The van der Waals surface area contributed by atoms with Crippen molar-refractivity contribution in [1.82, 2.24) is 0 Å². The summed E-state index contributed by atoms with van der Waals surface area (Å²) in [6, 6.07) is 15.8. The highest BCUT2D eigenvalue weighted by Gasteiger charge is 2.21. The predicted octanol–water partition coefficient (Wildman–Crippen LogP) is 4.89. The molecule has 5 nitrogen and oxygen atoms in total. The Morgan fingerprint density at radius 1 is 1.04 bits per heavy atom. The van der Waals surface area contributed by atoms with Crippen LogP contribution in [0.15, 0.2) is 69.8 Å². The number of carbonyl (C=O) groups is 1. The van der Waals surface area contributed by atoms with Crippen molar-refractivity contribution in [2.24, 2.45) is 0 Å². The lowest BCUT2D eigenvalue weighted by molar-refractivity contribution is 0.103. The second-order valence-electron chi connectivity index (χ2n) is 5.49. The van der Waals surface area contributed by atoms with E-state index in [4.69, 9.17) is 16.3 Å². The van der Waals surface area contributed by atoms with Crippen LogP contribution >= 0.6 is 22.9 Å². The Labute approximate surface area is 166 Å². The molecule has 1 N–H and O–H groups in total. The summed E-state index contributed by atoms with van der Waals surface area (Å²) in [7, 11) is -3.69. The molecule has 1 amide bonds. The molecule has 0 saturated carbocycles. The first-order chi connectivity index (χ1) is 12.9. The van der Waals surface area contributed by atoms with Crippen LogP contribution in [0.25, 0.3) is 0 Å². The fourth-order valence-corrected chi connectivity index (χ4v) is 5.04. The van der Waals surface area contributed by atoms with E-state index in [-0.39, 0.29) is 15.0 Å². The first kappa shape index (κ1) is 19.4. The number of carbonyl (C=O) groups excluding carboxylic acids is 1. The van der Waals surface area contributed by atoms with Gasteiger partial charge in [-0.3, -0.25) is 4.79 Å². The minimum atomic E-state index is -3.69. The largest absolute Gasteiger partial charge is 0.494 e. The molecule has 0 aliphatic carbocycles. The summed E-state index contributed by atoms with van der Waals surface area (Å²) in [5, 5.41) is 3.20. The molecular weight excluding hydrogens is 406 g/mol. The normalized spacial score (nSPS) is 11.2. The summed E-state index contributed by atoms with van der Waals surface area (Å²) in [5.41, 5.74) is 0.596. The summed E-state index contributed by atoms with van der Waals surface area (Å²) in [6.07, 6.45) is 0. The van der Waals surface area contributed by atoms with E-state index in [2.05, 4.69) is 5.32 Å². The van der Waals surface area contributed by atoms with Crippen molar-refractivity contribution in [3.05, 3.63) is 70.6 Å². The van der Waals surface area contributed by atoms with Gasteiger partial charge in [0.25, 0.3) is 5.91 Å². The molecule has 0 saturated heterocycles. The number of hydrogen-bond donors (Lipinski definition) is 1. The molecule has 0 aliphatic rings. The molecule has 0 fully saturated rings. The van der Waals surface area contributed by atoms with Crippen molar-refractivity contribution in [3.63, 3.8) is 0 Å². The van der Waals surface area contributed by atoms with Gasteiger partial charge in [-0.05, 0) is 67.6 Å². The lowest BCUT2D eigenvalue weighted by Gasteiger charge is -2.06. The van der Waals surface area contributed by atoms with Gasteiger partial charge in [0, 0.05) is 10.7 Å². The van der Waals surface area contributed by atoms with Gasteiger partial charge in [-0.1, -0.05) is 11.6 Å². The number of anilines is 1. The fraction of sp³-hybridized carbons (Fsp3) is 0.105. The molecule has 0 aliphatic heterocycles. The van der Waals surface area contributed by atoms with E-state index in [1.807, 2.05) is 6.92 Å². The second kappa shape index (κ2) is 8.12. The van der Waals surface area contributed by atoms with Crippen LogP contribution in [0, 0.1) is 0 Å². The van der Waals surface area contributed by atoms with Crippen LogP contribution in [0.4, 0.5) is 5.69 Å². The van der Waals surface area contributed by atoms with Gasteiger partial charge < -0.3 is 10.1 Å². The molecule has 0 radical (unpaired) electrons. The van der Waals surface area contributed by atoms with Crippen LogP contribution in [0.3, 0.4) is 0 Å². The minimum absolute atomic E-state index is 0.0988. The topological polar surface area (TPSA) is 72.5 Å². The lowest BCUT2D eigenvalue weighted by Crippen LogP contribution is -2.10. The van der Waals surface area contributed by atoms with Gasteiger partial charge in [0.05, 0.1) is 16.4 Å². The third-order valence-corrected chi connectivity index (χ3v) is 7.21. The van der Waals surface area contributed by atoms with Crippen LogP contribution in [-0.2, 0) is 9.84 Å². The van der Waals surface area contributed by atoms with E-state index in [1.165, 1.54) is 36.4 Å². The highest BCUT2D eigenvalue weighted by atomic mass is 35.5. The van der Waals surface area contributed by atoms with E-state index in [1.54, 1.807) is 24.3 Å². The van der Waals surface area contributed by atoms with E-state index < -0.39 is 9.84 Å². The molecule has 8 heteroatoms. The standard InChI is InChI=1S/C19H16ClNO4S2/c1-2-25-15-7-5-14(6-8-15)21-19(22)17-11-12-18(26-17)27(23,24)16-9-3-13(20)4-10-16/h3-12H,2H2,1H3,(H,21,22). The third-order valence-electron chi connectivity index (χ3n) is 3.62. The Morgan fingerprint density at radius 3 is 2.33 bits per heavy atom. The van der Waals surface area contributed by atoms with Gasteiger partial charge in [-0.2, -0.15) is 0 Å². The Bertz CT molecular complexity index is 1040. The van der Waals surface area contributed by atoms with Crippen molar-refractivity contribution in [2.45, 2.75) is 16.0 Å². The average Bonchev–Trinajstić information content (AvgIpc) is 3.15. The van der Waals surface area contributed by atoms with Crippen LogP contribution < -0.4 is 10.1 Å². The third kappa shape index (κ3) is 4.50. The molecule has 0 atom stereocenters. The van der Waals surface area contributed by atoms with Gasteiger partial charge in [-0.25, -0.2) is 8.42 Å². The first-order valence-electron chi connectivity index (χ1n) is 8.05. The number of nitrogens with one attached hydrogen (secondary N) is 1. The highest BCUT2D eigenvalue weighted by Crippen LogP contribution is 2.29. The number of halogens is 1. The van der Waals surface area contributed by atoms with Crippen molar-refractivity contribution in [1.29, 1.82) is 0 Å². The zero-order valence-electron chi connectivity index (χ0n) is 14.3. The van der Waals surface area contributed by atoms with Crippen molar-refractivity contribution in [3.8, 4) is 5.75 Å². The quantitative estimate of drug-likeness (QED) is 0.615. The summed E-state index contributed by atoms with van der Waals surface area (Å²) < 4.78 is 30.8. The zero-order chi connectivity index (χ0) is 19.4. The number of thiophene rings is 1. The molecule has 0 bridgehead atoms. The van der Waals surface area contributed by atoms with Gasteiger partial charge >= 0.3 is 0 Å². The monoisotopic (exact) mass is 421 g/mol. The van der Waals surface area contributed by atoms with E-state index in [0.29, 0.717) is 27.9 Å². The number of ether oxygens (including phenoxy) is 1. The van der Waals surface area contributed by atoms with Crippen LogP contribution in [0.2, 0.25) is 5.02 Å². The van der Waals surface area contributed by atoms with E-state index in [0.717, 1.165) is 11.3 Å². The maximum Gasteiger partial charge on any atom is 0.265 e. The summed E-state index contributed by atoms with van der Waals surface area (Å²) >= 11 is 6.72. The molecule has 140 valence electrons. The fourth-order valence-electron chi connectivity index (χ4n) is 2.31. The second-order valence-corrected chi connectivity index (χ2v) is 9.18. The Balaban J connectivity index is 1.76. The van der Waals surface area contributed by atoms with Crippen LogP contribution in [-0.4, -0.2) is 20.9 Å². The number of amides is 1. The van der Waals surface area contributed by atoms with E-state index >= 15 is 0 Å². The molecular formula is C19H16ClNO4S2. The van der Waals surface area contributed by atoms with Gasteiger partial charge in [0.2, 0.25) is 9.84 Å². The summed E-state index contributed by atoms with van der Waals surface area (Å²) in [4.78, 5) is 12.8. The summed E-state index contributed by atoms with van der Waals surface area (Å²) in [5.74, 6) is 0.338.